The molecule has 0 aliphatic carbocycles. The van der Waals surface area contributed by atoms with Gasteiger partial charge in [-0.1, -0.05) is 0 Å². The third-order valence-corrected chi connectivity index (χ3v) is 3.14. The second-order valence-corrected chi connectivity index (χ2v) is 6.37. The molecule has 0 bridgehead atoms. The van der Waals surface area contributed by atoms with E-state index >= 15 is 0 Å². The van der Waals surface area contributed by atoms with Gasteiger partial charge in [0.25, 0.3) is 0 Å². The SMILES string of the molecule is CC(C)(C)OC(=O)NNC1CCCN(c2ncc(N)cn2)C1. The van der Waals surface area contributed by atoms with E-state index in [9.17, 15) is 4.79 Å². The van der Waals surface area contributed by atoms with Crippen molar-refractivity contribution in [2.24, 2.45) is 0 Å². The van der Waals surface area contributed by atoms with Crippen LogP contribution >= 0.6 is 0 Å². The molecular weight excluding hydrogens is 284 g/mol. The van der Waals surface area contributed by atoms with Crippen LogP contribution < -0.4 is 21.5 Å². The number of carbonyl (C=O) groups is 1. The van der Waals surface area contributed by atoms with Crippen LogP contribution in [0.1, 0.15) is 33.6 Å². The average Bonchev–Trinajstić information content (AvgIpc) is 2.44. The normalized spacial score (nSPS) is 18.9. The van der Waals surface area contributed by atoms with Gasteiger partial charge in [0, 0.05) is 19.1 Å². The number of aromatic nitrogens is 2. The Morgan fingerprint density at radius 2 is 2.09 bits per heavy atom. The molecule has 0 radical (unpaired) electrons. The van der Waals surface area contributed by atoms with Crippen LogP contribution in [0.25, 0.3) is 0 Å². The maximum atomic E-state index is 11.6. The van der Waals surface area contributed by atoms with Gasteiger partial charge < -0.3 is 15.4 Å². The van der Waals surface area contributed by atoms with Crippen molar-refractivity contribution >= 4 is 17.7 Å². The Hall–Kier alpha value is -2.09. The number of hydrazine groups is 1. The van der Waals surface area contributed by atoms with E-state index in [1.165, 1.54) is 0 Å². The molecule has 0 saturated carbocycles. The van der Waals surface area contributed by atoms with Crippen molar-refractivity contribution < 1.29 is 9.53 Å². The molecule has 1 unspecified atom stereocenters. The summed E-state index contributed by atoms with van der Waals surface area (Å²) in [7, 11) is 0. The van der Waals surface area contributed by atoms with Crippen LogP contribution in [0.4, 0.5) is 16.4 Å². The van der Waals surface area contributed by atoms with Gasteiger partial charge in [-0.3, -0.25) is 5.43 Å². The topological polar surface area (TPSA) is 105 Å². The lowest BCUT2D eigenvalue weighted by Gasteiger charge is -2.33. The van der Waals surface area contributed by atoms with Crippen molar-refractivity contribution in [2.75, 3.05) is 23.7 Å². The highest BCUT2D eigenvalue weighted by Gasteiger charge is 2.23. The highest BCUT2D eigenvalue weighted by Crippen LogP contribution is 2.16. The molecule has 2 heterocycles. The van der Waals surface area contributed by atoms with Gasteiger partial charge in [-0.2, -0.15) is 0 Å². The highest BCUT2D eigenvalue weighted by atomic mass is 16.6. The zero-order valence-electron chi connectivity index (χ0n) is 13.3. The van der Waals surface area contributed by atoms with Crippen molar-refractivity contribution in [1.29, 1.82) is 0 Å². The Kier molecular flexibility index (Phi) is 5.02. The lowest BCUT2D eigenvalue weighted by atomic mass is 10.1. The van der Waals surface area contributed by atoms with Gasteiger partial charge in [-0.25, -0.2) is 20.2 Å². The summed E-state index contributed by atoms with van der Waals surface area (Å²) in [6, 6.07) is 0.113. The lowest BCUT2D eigenvalue weighted by molar-refractivity contribution is 0.0485. The molecule has 1 aromatic heterocycles. The minimum Gasteiger partial charge on any atom is -0.443 e. The van der Waals surface area contributed by atoms with Gasteiger partial charge in [-0.15, -0.1) is 0 Å². The Morgan fingerprint density at radius 1 is 1.41 bits per heavy atom. The summed E-state index contributed by atoms with van der Waals surface area (Å²) in [5.41, 5.74) is 11.2. The summed E-state index contributed by atoms with van der Waals surface area (Å²) < 4.78 is 5.19. The zero-order chi connectivity index (χ0) is 16.2. The summed E-state index contributed by atoms with van der Waals surface area (Å²) in [5.74, 6) is 0.651. The number of nitrogens with zero attached hydrogens (tertiary/aromatic N) is 3. The molecule has 0 aromatic carbocycles. The predicted molar refractivity (Wildman–Crippen MR) is 84.2 cm³/mol. The second kappa shape index (κ2) is 6.78. The molecule has 22 heavy (non-hydrogen) atoms. The monoisotopic (exact) mass is 308 g/mol. The van der Waals surface area contributed by atoms with E-state index in [1.807, 2.05) is 20.8 Å². The van der Waals surface area contributed by atoms with E-state index in [0.29, 0.717) is 18.2 Å². The maximum absolute atomic E-state index is 11.6. The average molecular weight is 308 g/mol. The van der Waals surface area contributed by atoms with Crippen molar-refractivity contribution in [3.8, 4) is 0 Å². The summed E-state index contributed by atoms with van der Waals surface area (Å²) in [6.45, 7) is 7.07. The third kappa shape index (κ3) is 5.03. The summed E-state index contributed by atoms with van der Waals surface area (Å²) in [5, 5.41) is 0. The molecule has 1 amide bonds. The number of carbonyl (C=O) groups excluding carboxylic acids is 1. The van der Waals surface area contributed by atoms with Crippen LogP contribution in [-0.4, -0.2) is 40.8 Å². The minimum absolute atomic E-state index is 0.113. The molecule has 1 saturated heterocycles. The van der Waals surface area contributed by atoms with Crippen LogP contribution in [0.5, 0.6) is 0 Å². The quantitative estimate of drug-likeness (QED) is 0.717. The number of hydrogen-bond acceptors (Lipinski definition) is 7. The fraction of sp³-hybridized carbons (Fsp3) is 0.643. The number of anilines is 2. The number of nitrogen functional groups attached to an aromatic ring is 1. The number of ether oxygens (including phenoxy) is 1. The zero-order valence-corrected chi connectivity index (χ0v) is 13.3. The molecule has 1 atom stereocenters. The van der Waals surface area contributed by atoms with Crippen molar-refractivity contribution in [2.45, 2.75) is 45.3 Å². The standard InChI is InChI=1S/C14H24N6O2/c1-14(2,3)22-13(21)19-18-11-5-4-6-20(9-11)12-16-7-10(15)8-17-12/h7-8,11,18H,4-6,9,15H2,1-3H3,(H,19,21). The van der Waals surface area contributed by atoms with Gasteiger partial charge in [0.1, 0.15) is 5.60 Å². The second-order valence-electron chi connectivity index (χ2n) is 6.37. The van der Waals surface area contributed by atoms with E-state index in [1.54, 1.807) is 12.4 Å². The van der Waals surface area contributed by atoms with Gasteiger partial charge >= 0.3 is 6.09 Å². The summed E-state index contributed by atoms with van der Waals surface area (Å²) >= 11 is 0. The molecule has 0 spiro atoms. The first-order chi connectivity index (χ1) is 10.3. The van der Waals surface area contributed by atoms with Crippen molar-refractivity contribution in [3.63, 3.8) is 0 Å². The molecule has 1 aromatic rings. The Balaban J connectivity index is 1.83. The minimum atomic E-state index is -0.512. The number of nitrogens with two attached hydrogens (primary N) is 1. The summed E-state index contributed by atoms with van der Waals surface area (Å²) in [4.78, 5) is 22.2. The largest absolute Gasteiger partial charge is 0.443 e. The highest BCUT2D eigenvalue weighted by molar-refractivity contribution is 5.67. The fourth-order valence-corrected chi connectivity index (χ4v) is 2.24. The number of amides is 1. The van der Waals surface area contributed by atoms with Crippen molar-refractivity contribution in [3.05, 3.63) is 12.4 Å². The van der Waals surface area contributed by atoms with Crippen molar-refractivity contribution in [1.82, 2.24) is 20.8 Å². The van der Waals surface area contributed by atoms with E-state index in [4.69, 9.17) is 10.5 Å². The first kappa shape index (κ1) is 16.3. The maximum Gasteiger partial charge on any atom is 0.422 e. The number of rotatable bonds is 3. The van der Waals surface area contributed by atoms with E-state index in [-0.39, 0.29) is 6.04 Å². The van der Waals surface area contributed by atoms with Crippen LogP contribution in [0.2, 0.25) is 0 Å². The smallest absolute Gasteiger partial charge is 0.422 e. The van der Waals surface area contributed by atoms with Gasteiger partial charge in [0.05, 0.1) is 18.1 Å². The van der Waals surface area contributed by atoms with Gasteiger partial charge in [0.15, 0.2) is 0 Å². The number of piperidine rings is 1. The van der Waals surface area contributed by atoms with Gasteiger partial charge in [0.2, 0.25) is 5.95 Å². The molecule has 122 valence electrons. The van der Waals surface area contributed by atoms with Crippen LogP contribution in [-0.2, 0) is 4.74 Å². The number of nitrogens with one attached hydrogen (secondary N) is 2. The van der Waals surface area contributed by atoms with Gasteiger partial charge in [-0.05, 0) is 33.6 Å². The molecule has 8 heteroatoms. The van der Waals surface area contributed by atoms with E-state index in [0.717, 1.165) is 19.4 Å². The predicted octanol–water partition coefficient (Wildman–Crippen LogP) is 1.06. The molecule has 1 fully saturated rings. The Morgan fingerprint density at radius 3 is 2.73 bits per heavy atom. The lowest BCUT2D eigenvalue weighted by Crippen LogP contribution is -2.53. The van der Waals surface area contributed by atoms with Crippen LogP contribution in [0.3, 0.4) is 0 Å². The molecule has 4 N–H and O–H groups in total. The Labute approximate surface area is 130 Å². The molecule has 1 aliphatic rings. The fourth-order valence-electron chi connectivity index (χ4n) is 2.24. The molecule has 2 rings (SSSR count). The number of hydrogen-bond donors (Lipinski definition) is 3. The van der Waals surface area contributed by atoms with Crippen LogP contribution in [0.15, 0.2) is 12.4 Å². The first-order valence-electron chi connectivity index (χ1n) is 7.40. The van der Waals surface area contributed by atoms with E-state index < -0.39 is 11.7 Å². The first-order valence-corrected chi connectivity index (χ1v) is 7.40. The molecular formula is C14H24N6O2. The Bertz CT molecular complexity index is 499. The third-order valence-electron chi connectivity index (χ3n) is 3.14. The summed E-state index contributed by atoms with van der Waals surface area (Å²) in [6.07, 6.45) is 4.66. The van der Waals surface area contributed by atoms with E-state index in [2.05, 4.69) is 25.7 Å². The van der Waals surface area contributed by atoms with Crippen LogP contribution in [0, 0.1) is 0 Å². The molecule has 1 aliphatic heterocycles. The molecule has 8 nitrogen and oxygen atoms in total.